The van der Waals surface area contributed by atoms with Crippen LogP contribution in [0.4, 0.5) is 5.69 Å². The van der Waals surface area contributed by atoms with Crippen LogP contribution in [0.2, 0.25) is 0 Å². The molecule has 0 unspecified atom stereocenters. The molecule has 8 heteroatoms. The number of fused-ring (bicyclic) bond motifs is 3. The van der Waals surface area contributed by atoms with Crippen molar-refractivity contribution >= 4 is 27.6 Å². The van der Waals surface area contributed by atoms with Gasteiger partial charge in [0.25, 0.3) is 0 Å². The van der Waals surface area contributed by atoms with Crippen molar-refractivity contribution in [3.05, 3.63) is 65.2 Å². The van der Waals surface area contributed by atoms with Crippen molar-refractivity contribution in [2.75, 3.05) is 18.0 Å². The Hall–Kier alpha value is -3.94. The number of aromatic nitrogens is 6. The molecular weight excluding hydrogens is 402 g/mol. The molecule has 1 fully saturated rings. The number of imidazole rings is 1. The molecule has 0 bridgehead atoms. The first-order valence-corrected chi connectivity index (χ1v) is 10.7. The summed E-state index contributed by atoms with van der Waals surface area (Å²) in [7, 11) is 3.65. The van der Waals surface area contributed by atoms with Crippen molar-refractivity contribution in [1.29, 1.82) is 0 Å². The molecule has 0 radical (unpaired) electrons. The van der Waals surface area contributed by atoms with Crippen LogP contribution >= 0.6 is 0 Å². The van der Waals surface area contributed by atoms with Gasteiger partial charge in [0.15, 0.2) is 0 Å². The monoisotopic (exact) mass is 425 g/mol. The van der Waals surface area contributed by atoms with Crippen molar-refractivity contribution in [1.82, 2.24) is 28.9 Å². The minimum Gasteiger partial charge on any atom is -0.370 e. The zero-order valence-electron chi connectivity index (χ0n) is 18.3. The molecule has 1 aliphatic heterocycles. The highest BCUT2D eigenvalue weighted by atomic mass is 16.1. The third kappa shape index (κ3) is 2.69. The summed E-state index contributed by atoms with van der Waals surface area (Å²) in [4.78, 5) is 24.7. The second kappa shape index (κ2) is 6.78. The Morgan fingerprint density at radius 2 is 1.84 bits per heavy atom. The number of rotatable bonds is 3. The third-order valence-electron chi connectivity index (χ3n) is 6.39. The summed E-state index contributed by atoms with van der Waals surface area (Å²) < 4.78 is 5.13. The van der Waals surface area contributed by atoms with E-state index in [0.29, 0.717) is 0 Å². The average molecular weight is 425 g/mol. The van der Waals surface area contributed by atoms with Gasteiger partial charge in [-0.3, -0.25) is 23.8 Å². The Morgan fingerprint density at radius 3 is 2.56 bits per heavy atom. The van der Waals surface area contributed by atoms with E-state index in [1.807, 2.05) is 38.6 Å². The molecular formula is C24H23N7O. The summed E-state index contributed by atoms with van der Waals surface area (Å²) in [5.74, 6) is 0. The Labute approximate surface area is 184 Å². The second-order valence-electron chi connectivity index (χ2n) is 8.45. The molecule has 8 nitrogen and oxygen atoms in total. The Balaban J connectivity index is 1.63. The third-order valence-corrected chi connectivity index (χ3v) is 6.39. The summed E-state index contributed by atoms with van der Waals surface area (Å²) in [6, 6.07) is 8.38. The Morgan fingerprint density at radius 1 is 1.00 bits per heavy atom. The molecule has 0 aliphatic carbocycles. The Bertz CT molecular complexity index is 1570. The smallest absolute Gasteiger partial charge is 0.333 e. The van der Waals surface area contributed by atoms with Gasteiger partial charge in [0.2, 0.25) is 0 Å². The minimum absolute atomic E-state index is 0.114. The van der Waals surface area contributed by atoms with Gasteiger partial charge in [-0.2, -0.15) is 5.10 Å². The van der Waals surface area contributed by atoms with E-state index < -0.39 is 0 Å². The predicted octanol–water partition coefficient (Wildman–Crippen LogP) is 3.19. The highest BCUT2D eigenvalue weighted by Crippen LogP contribution is 2.31. The molecule has 1 aromatic carbocycles. The molecule has 0 amide bonds. The molecule has 1 saturated heterocycles. The van der Waals surface area contributed by atoms with Crippen molar-refractivity contribution < 1.29 is 0 Å². The molecule has 0 spiro atoms. The molecule has 0 saturated carbocycles. The minimum atomic E-state index is -0.114. The van der Waals surface area contributed by atoms with Crippen LogP contribution in [0.5, 0.6) is 0 Å². The second-order valence-corrected chi connectivity index (χ2v) is 8.45. The van der Waals surface area contributed by atoms with Crippen molar-refractivity contribution in [3.63, 3.8) is 0 Å². The van der Waals surface area contributed by atoms with Crippen molar-refractivity contribution in [2.24, 2.45) is 14.1 Å². The van der Waals surface area contributed by atoms with Gasteiger partial charge in [-0.1, -0.05) is 6.07 Å². The van der Waals surface area contributed by atoms with Crippen LogP contribution in [0.1, 0.15) is 12.1 Å². The summed E-state index contributed by atoms with van der Waals surface area (Å²) in [6.07, 6.45) is 8.69. The molecule has 0 N–H and O–H groups in total. The number of nitrogens with zero attached hydrogens (tertiary/aromatic N) is 7. The van der Waals surface area contributed by atoms with Gasteiger partial charge in [0.05, 0.1) is 46.0 Å². The predicted molar refractivity (Wildman–Crippen MR) is 125 cm³/mol. The maximum absolute atomic E-state index is 13.3. The molecule has 160 valence electrons. The van der Waals surface area contributed by atoms with Gasteiger partial charge < -0.3 is 4.90 Å². The molecule has 5 aromatic rings. The van der Waals surface area contributed by atoms with Gasteiger partial charge in [0.1, 0.15) is 0 Å². The average Bonchev–Trinajstić information content (AvgIpc) is 3.21. The normalized spacial score (nSPS) is 13.8. The van der Waals surface area contributed by atoms with E-state index in [9.17, 15) is 4.79 Å². The number of pyridine rings is 2. The van der Waals surface area contributed by atoms with Gasteiger partial charge in [-0.15, -0.1) is 0 Å². The van der Waals surface area contributed by atoms with E-state index in [1.54, 1.807) is 27.1 Å². The van der Waals surface area contributed by atoms with E-state index in [1.165, 1.54) is 6.42 Å². The number of anilines is 1. The maximum Gasteiger partial charge on any atom is 0.333 e. The lowest BCUT2D eigenvalue weighted by atomic mass is 10.0. The molecule has 4 aromatic heterocycles. The zero-order valence-corrected chi connectivity index (χ0v) is 18.3. The van der Waals surface area contributed by atoms with Crippen LogP contribution in [0.15, 0.2) is 53.8 Å². The van der Waals surface area contributed by atoms with E-state index in [4.69, 9.17) is 0 Å². The fourth-order valence-corrected chi connectivity index (χ4v) is 4.54. The zero-order chi connectivity index (χ0) is 22.0. The lowest BCUT2D eigenvalue weighted by Crippen LogP contribution is -2.36. The lowest BCUT2D eigenvalue weighted by molar-refractivity contribution is 0.617. The quantitative estimate of drug-likeness (QED) is 0.444. The highest BCUT2D eigenvalue weighted by molar-refractivity contribution is 6.04. The van der Waals surface area contributed by atoms with Gasteiger partial charge >= 0.3 is 5.69 Å². The van der Waals surface area contributed by atoms with E-state index >= 15 is 0 Å². The van der Waals surface area contributed by atoms with Crippen LogP contribution in [-0.2, 0) is 14.1 Å². The molecule has 0 atom stereocenters. The van der Waals surface area contributed by atoms with Crippen molar-refractivity contribution in [2.45, 2.75) is 13.3 Å². The Kier molecular flexibility index (Phi) is 3.98. The summed E-state index contributed by atoms with van der Waals surface area (Å²) in [6.45, 7) is 4.07. The maximum atomic E-state index is 13.3. The fraction of sp³-hybridized carbons (Fsp3) is 0.250. The number of aryl methyl sites for hydroxylation is 3. The summed E-state index contributed by atoms with van der Waals surface area (Å²) in [5.41, 5.74) is 7.18. The van der Waals surface area contributed by atoms with E-state index in [2.05, 4.69) is 38.2 Å². The highest BCUT2D eigenvalue weighted by Gasteiger charge is 2.20. The van der Waals surface area contributed by atoms with Crippen LogP contribution < -0.4 is 10.6 Å². The van der Waals surface area contributed by atoms with Crippen LogP contribution in [0.3, 0.4) is 0 Å². The number of benzene rings is 1. The fourth-order valence-electron chi connectivity index (χ4n) is 4.54. The first-order valence-electron chi connectivity index (χ1n) is 10.7. The van der Waals surface area contributed by atoms with E-state index in [0.717, 1.165) is 63.2 Å². The SMILES string of the molecule is Cc1nn(C)cc1-n1c(=O)n(C)c2cnc3ccc(-c4cncc(N5CCC5)c4)cc3c21. The number of hydrogen-bond acceptors (Lipinski definition) is 5. The van der Waals surface area contributed by atoms with E-state index in [-0.39, 0.29) is 5.69 Å². The summed E-state index contributed by atoms with van der Waals surface area (Å²) in [5, 5.41) is 5.37. The number of hydrogen-bond donors (Lipinski definition) is 0. The van der Waals surface area contributed by atoms with Crippen molar-refractivity contribution in [3.8, 4) is 16.8 Å². The first kappa shape index (κ1) is 18.8. The lowest BCUT2D eigenvalue weighted by Gasteiger charge is -2.33. The molecule has 6 rings (SSSR count). The van der Waals surface area contributed by atoms with Gasteiger partial charge in [-0.05, 0) is 37.1 Å². The molecule has 5 heterocycles. The van der Waals surface area contributed by atoms with Gasteiger partial charge in [-0.25, -0.2) is 4.79 Å². The standard InChI is InChI=1S/C24H23N7O/c1-15-22(14-28(2)27-15)31-23-19-10-16(17-9-18(12-25-11-17)30-7-4-8-30)5-6-20(19)26-13-21(23)29(3)24(31)32/h5-6,9-14H,4,7-8H2,1-3H3. The largest absolute Gasteiger partial charge is 0.370 e. The van der Waals surface area contributed by atoms with Crippen LogP contribution in [0.25, 0.3) is 38.8 Å². The topological polar surface area (TPSA) is 73.8 Å². The van der Waals surface area contributed by atoms with Crippen LogP contribution in [0, 0.1) is 6.92 Å². The van der Waals surface area contributed by atoms with Gasteiger partial charge in [0, 0.05) is 50.5 Å². The molecule has 1 aliphatic rings. The van der Waals surface area contributed by atoms with Crippen LogP contribution in [-0.4, -0.2) is 42.0 Å². The first-order chi connectivity index (χ1) is 15.5. The molecule has 32 heavy (non-hydrogen) atoms. The summed E-state index contributed by atoms with van der Waals surface area (Å²) >= 11 is 0.